The molecule has 0 spiro atoms. The van der Waals surface area contributed by atoms with Gasteiger partial charge in [-0.3, -0.25) is 18.5 Å². The van der Waals surface area contributed by atoms with Crippen molar-refractivity contribution in [1.82, 2.24) is 13.7 Å². The lowest BCUT2D eigenvalue weighted by Gasteiger charge is -2.17. The van der Waals surface area contributed by atoms with Crippen molar-refractivity contribution in [2.45, 2.75) is 33.1 Å². The van der Waals surface area contributed by atoms with Crippen LogP contribution in [0.5, 0.6) is 0 Å². The molecular weight excluding hydrogens is 471 g/mol. The molecule has 0 amide bonds. The van der Waals surface area contributed by atoms with E-state index in [1.165, 1.54) is 35.8 Å². The minimum atomic E-state index is -4.66. The van der Waals surface area contributed by atoms with E-state index in [4.69, 9.17) is 4.42 Å². The Morgan fingerprint density at radius 3 is 2.43 bits per heavy atom. The van der Waals surface area contributed by atoms with Gasteiger partial charge in [-0.25, -0.2) is 9.59 Å². The second kappa shape index (κ2) is 8.46. The van der Waals surface area contributed by atoms with Gasteiger partial charge in [0.1, 0.15) is 0 Å². The van der Waals surface area contributed by atoms with Crippen LogP contribution >= 0.6 is 0 Å². The van der Waals surface area contributed by atoms with Crippen molar-refractivity contribution in [2.24, 2.45) is 0 Å². The molecule has 0 aliphatic carbocycles. The highest BCUT2D eigenvalue weighted by Crippen LogP contribution is 2.33. The van der Waals surface area contributed by atoms with Gasteiger partial charge in [0, 0.05) is 18.8 Å². The number of rotatable bonds is 5. The van der Waals surface area contributed by atoms with E-state index in [1.807, 2.05) is 0 Å². The normalized spacial score (nSPS) is 11.8. The highest BCUT2D eigenvalue weighted by atomic mass is 19.4. The number of carboxylic acids is 1. The summed E-state index contributed by atoms with van der Waals surface area (Å²) in [6.07, 6.45) is -3.89. The maximum Gasteiger partial charge on any atom is 0.419 e. The van der Waals surface area contributed by atoms with Gasteiger partial charge in [-0.05, 0) is 43.2 Å². The van der Waals surface area contributed by atoms with Crippen LogP contribution in [0.1, 0.15) is 34.0 Å². The number of carbonyl (C=O) groups is 1. The van der Waals surface area contributed by atoms with Crippen molar-refractivity contribution in [2.75, 3.05) is 0 Å². The third kappa shape index (κ3) is 4.07. The Bertz CT molecular complexity index is 1660. The van der Waals surface area contributed by atoms with Crippen molar-refractivity contribution in [1.29, 1.82) is 0 Å². The first-order chi connectivity index (χ1) is 16.4. The Hall–Kier alpha value is -4.35. The molecule has 2 heterocycles. The molecule has 0 N–H and O–H groups in total. The Morgan fingerprint density at radius 2 is 1.80 bits per heavy atom. The molecule has 0 saturated carbocycles. The zero-order valence-corrected chi connectivity index (χ0v) is 18.4. The summed E-state index contributed by atoms with van der Waals surface area (Å²) in [7, 11) is 0. The first kappa shape index (κ1) is 23.8. The highest BCUT2D eigenvalue weighted by Gasteiger charge is 2.33. The Morgan fingerprint density at radius 1 is 1.09 bits per heavy atom. The first-order valence-corrected chi connectivity index (χ1v) is 10.3. The van der Waals surface area contributed by atoms with Crippen LogP contribution in [-0.4, -0.2) is 19.7 Å². The lowest BCUT2D eigenvalue weighted by Crippen LogP contribution is -2.44. The smallest absolute Gasteiger partial charge is 0.419 e. The van der Waals surface area contributed by atoms with Crippen LogP contribution in [-0.2, 0) is 19.3 Å². The molecule has 0 fully saturated rings. The fourth-order valence-electron chi connectivity index (χ4n) is 3.90. The van der Waals surface area contributed by atoms with Crippen LogP contribution in [0.3, 0.4) is 0 Å². The van der Waals surface area contributed by atoms with Crippen molar-refractivity contribution < 1.29 is 27.5 Å². The molecule has 4 aromatic rings. The predicted octanol–water partition coefficient (Wildman–Crippen LogP) is 1.67. The molecule has 0 aliphatic heterocycles. The summed E-state index contributed by atoms with van der Waals surface area (Å²) in [4.78, 5) is 49.6. The zero-order valence-electron chi connectivity index (χ0n) is 18.4. The van der Waals surface area contributed by atoms with Gasteiger partial charge in [-0.2, -0.15) is 13.2 Å². The van der Waals surface area contributed by atoms with E-state index in [0.717, 1.165) is 22.9 Å². The number of oxazole rings is 1. The number of aryl methyl sites for hydroxylation is 1. The monoisotopic (exact) mass is 488 g/mol. The number of benzene rings is 2. The fourth-order valence-corrected chi connectivity index (χ4v) is 3.90. The summed E-state index contributed by atoms with van der Waals surface area (Å²) in [6.45, 7) is 2.63. The van der Waals surface area contributed by atoms with Crippen LogP contribution in [0.4, 0.5) is 13.2 Å². The van der Waals surface area contributed by atoms with E-state index in [1.54, 1.807) is 6.92 Å². The van der Waals surface area contributed by atoms with Crippen molar-refractivity contribution >= 4 is 17.1 Å². The van der Waals surface area contributed by atoms with Crippen molar-refractivity contribution in [3.05, 3.63) is 96.2 Å². The first-order valence-electron chi connectivity index (χ1n) is 10.3. The number of carbonyl (C=O) groups excluding carboxylic acids is 1. The SMILES string of the molecule is CCn1c(=O)oc2cc(-n3cc(C(=O)[O-])c(=O)n(Cc4cccc(C(F)(F)F)c4C)c3=O)ccc21. The van der Waals surface area contributed by atoms with Crippen LogP contribution in [0, 0.1) is 6.92 Å². The molecule has 2 aromatic heterocycles. The number of halogens is 3. The number of aromatic carboxylic acids is 1. The van der Waals surface area contributed by atoms with E-state index in [0.29, 0.717) is 16.6 Å². The average molecular weight is 488 g/mol. The molecule has 35 heavy (non-hydrogen) atoms. The Labute approximate surface area is 193 Å². The molecule has 0 saturated heterocycles. The largest absolute Gasteiger partial charge is 0.545 e. The summed E-state index contributed by atoms with van der Waals surface area (Å²) in [5.74, 6) is -2.50. The lowest BCUT2D eigenvalue weighted by molar-refractivity contribution is -0.255. The van der Waals surface area contributed by atoms with Gasteiger partial charge >= 0.3 is 17.6 Å². The number of hydrogen-bond donors (Lipinski definition) is 0. The molecule has 182 valence electrons. The molecule has 12 heteroatoms. The van der Waals surface area contributed by atoms with Gasteiger partial charge < -0.3 is 14.3 Å². The van der Waals surface area contributed by atoms with Gasteiger partial charge in [0.05, 0.1) is 34.8 Å². The molecule has 0 atom stereocenters. The quantitative estimate of drug-likeness (QED) is 0.422. The molecule has 9 nitrogen and oxygen atoms in total. The Kier molecular flexibility index (Phi) is 5.75. The summed E-state index contributed by atoms with van der Waals surface area (Å²) in [5, 5.41) is 11.6. The fraction of sp³-hybridized carbons (Fsp3) is 0.217. The number of hydrogen-bond acceptors (Lipinski definition) is 6. The minimum Gasteiger partial charge on any atom is -0.545 e. The third-order valence-corrected chi connectivity index (χ3v) is 5.72. The maximum absolute atomic E-state index is 13.3. The van der Waals surface area contributed by atoms with E-state index >= 15 is 0 Å². The second-order valence-electron chi connectivity index (χ2n) is 7.73. The number of aromatic nitrogens is 3. The van der Waals surface area contributed by atoms with Crippen molar-refractivity contribution in [3.63, 3.8) is 0 Å². The lowest BCUT2D eigenvalue weighted by atomic mass is 10.0. The molecule has 0 bridgehead atoms. The van der Waals surface area contributed by atoms with Crippen molar-refractivity contribution in [3.8, 4) is 5.69 Å². The van der Waals surface area contributed by atoms with E-state index in [2.05, 4.69) is 0 Å². The van der Waals surface area contributed by atoms with Gasteiger partial charge in [-0.1, -0.05) is 12.1 Å². The zero-order chi connectivity index (χ0) is 25.7. The summed E-state index contributed by atoms with van der Waals surface area (Å²) in [5.41, 5.74) is -3.64. The third-order valence-electron chi connectivity index (χ3n) is 5.72. The second-order valence-corrected chi connectivity index (χ2v) is 7.73. The number of nitrogens with zero attached hydrogens (tertiary/aromatic N) is 3. The van der Waals surface area contributed by atoms with E-state index < -0.39 is 46.8 Å². The summed E-state index contributed by atoms with van der Waals surface area (Å²) < 4.78 is 47.8. The highest BCUT2D eigenvalue weighted by molar-refractivity contribution is 5.85. The molecular formula is C23H17F3N3O6-. The number of alkyl halides is 3. The number of fused-ring (bicyclic) bond motifs is 1. The van der Waals surface area contributed by atoms with Crippen LogP contribution < -0.4 is 22.1 Å². The molecule has 2 aromatic carbocycles. The maximum atomic E-state index is 13.3. The van der Waals surface area contributed by atoms with E-state index in [9.17, 15) is 37.5 Å². The average Bonchev–Trinajstić information content (AvgIpc) is 3.10. The van der Waals surface area contributed by atoms with E-state index in [-0.39, 0.29) is 22.4 Å². The van der Waals surface area contributed by atoms with Crippen LogP contribution in [0.25, 0.3) is 16.8 Å². The summed E-state index contributed by atoms with van der Waals surface area (Å²) >= 11 is 0. The van der Waals surface area contributed by atoms with Gasteiger partial charge in [-0.15, -0.1) is 0 Å². The van der Waals surface area contributed by atoms with Crippen LogP contribution in [0.2, 0.25) is 0 Å². The van der Waals surface area contributed by atoms with Gasteiger partial charge in [0.25, 0.3) is 5.56 Å². The minimum absolute atomic E-state index is 0.00236. The molecule has 4 rings (SSSR count). The van der Waals surface area contributed by atoms with Gasteiger partial charge in [0.15, 0.2) is 5.58 Å². The molecule has 0 aliphatic rings. The Balaban J connectivity index is 1.93. The number of carboxylic acid groups (broad SMARTS) is 1. The predicted molar refractivity (Wildman–Crippen MR) is 116 cm³/mol. The topological polar surface area (TPSA) is 119 Å². The standard InChI is InChI=1S/C23H18F3N3O6/c1-3-27-17-8-7-14(9-18(17)35-22(27)34)28-11-15(20(31)32)19(30)29(21(28)33)10-13-5-4-6-16(12(13)2)23(24,25)26/h4-9,11H,3,10H2,1-2H3,(H,31,32)/p-1. The van der Waals surface area contributed by atoms with Gasteiger partial charge in [0.2, 0.25) is 0 Å². The molecule has 0 unspecified atom stereocenters. The summed E-state index contributed by atoms with van der Waals surface area (Å²) in [6, 6.07) is 7.51. The van der Waals surface area contributed by atoms with Crippen LogP contribution in [0.15, 0.2) is 61.4 Å². The molecule has 0 radical (unpaired) electrons.